The Labute approximate surface area is 116 Å². The molecule has 0 saturated heterocycles. The van der Waals surface area contributed by atoms with E-state index in [0.29, 0.717) is 11.5 Å². The number of pyridine rings is 1. The highest BCUT2D eigenvalue weighted by atomic mass is 16.1. The minimum Gasteiger partial charge on any atom is -0.385 e. The van der Waals surface area contributed by atoms with Gasteiger partial charge in [0, 0.05) is 25.0 Å². The Bertz CT molecular complexity index is 416. The lowest BCUT2D eigenvalue weighted by atomic mass is 10.1. The Morgan fingerprint density at radius 3 is 2.79 bits per heavy atom. The zero-order valence-electron chi connectivity index (χ0n) is 12.4. The van der Waals surface area contributed by atoms with Crippen molar-refractivity contribution in [1.29, 1.82) is 0 Å². The molecule has 4 nitrogen and oxygen atoms in total. The number of hydrogen-bond donors (Lipinski definition) is 2. The maximum absolute atomic E-state index is 12.1. The van der Waals surface area contributed by atoms with Crippen LogP contribution in [0.1, 0.15) is 49.7 Å². The molecule has 0 radical (unpaired) electrons. The number of aromatic nitrogens is 1. The number of aryl methyl sites for hydroxylation is 1. The predicted octanol–water partition coefficient (Wildman–Crippen LogP) is 2.99. The minimum atomic E-state index is -0.0489. The molecular formula is C15H25N3O. The fourth-order valence-electron chi connectivity index (χ4n) is 1.88. The molecule has 0 atom stereocenters. The van der Waals surface area contributed by atoms with Gasteiger partial charge in [-0.15, -0.1) is 0 Å². The van der Waals surface area contributed by atoms with Crippen molar-refractivity contribution >= 4 is 11.6 Å². The Morgan fingerprint density at radius 2 is 2.16 bits per heavy atom. The highest BCUT2D eigenvalue weighted by molar-refractivity contribution is 5.99. The van der Waals surface area contributed by atoms with Gasteiger partial charge in [0.15, 0.2) is 0 Å². The lowest BCUT2D eigenvalue weighted by Gasteiger charge is -2.12. The lowest BCUT2D eigenvalue weighted by molar-refractivity contribution is 0.0953. The summed E-state index contributed by atoms with van der Waals surface area (Å²) in [7, 11) is 0. The van der Waals surface area contributed by atoms with E-state index in [1.54, 1.807) is 6.20 Å². The first-order valence-electron chi connectivity index (χ1n) is 7.03. The van der Waals surface area contributed by atoms with Gasteiger partial charge in [-0.1, -0.05) is 13.8 Å². The van der Waals surface area contributed by atoms with Gasteiger partial charge in [0.2, 0.25) is 0 Å². The van der Waals surface area contributed by atoms with E-state index in [2.05, 4.69) is 29.5 Å². The zero-order chi connectivity index (χ0) is 14.3. The number of rotatable bonds is 7. The standard InChI is InChI=1S/C15H25N3O/c1-5-16-14-9-12(4)18-10-13(14)15(19)17-8-6-7-11(2)3/h9-11H,5-8H2,1-4H3,(H,16,18)(H,17,19). The number of hydrogen-bond acceptors (Lipinski definition) is 3. The summed E-state index contributed by atoms with van der Waals surface area (Å²) in [5.74, 6) is 0.627. The maximum atomic E-state index is 12.1. The van der Waals surface area contributed by atoms with Crippen LogP contribution >= 0.6 is 0 Å². The molecule has 1 rings (SSSR count). The van der Waals surface area contributed by atoms with Crippen LogP contribution in [0.2, 0.25) is 0 Å². The first kappa shape index (κ1) is 15.5. The molecule has 1 aromatic rings. The Kier molecular flexibility index (Phi) is 6.33. The van der Waals surface area contributed by atoms with Crippen molar-refractivity contribution in [3.8, 4) is 0 Å². The Balaban J connectivity index is 2.60. The lowest BCUT2D eigenvalue weighted by Crippen LogP contribution is -2.26. The van der Waals surface area contributed by atoms with E-state index in [-0.39, 0.29) is 5.91 Å². The molecule has 1 aromatic heterocycles. The molecule has 1 heterocycles. The van der Waals surface area contributed by atoms with E-state index in [0.717, 1.165) is 37.3 Å². The van der Waals surface area contributed by atoms with Gasteiger partial charge in [-0.25, -0.2) is 0 Å². The van der Waals surface area contributed by atoms with Gasteiger partial charge < -0.3 is 10.6 Å². The second-order valence-electron chi connectivity index (χ2n) is 5.19. The van der Waals surface area contributed by atoms with E-state index in [1.807, 2.05) is 19.9 Å². The summed E-state index contributed by atoms with van der Waals surface area (Å²) < 4.78 is 0. The van der Waals surface area contributed by atoms with Gasteiger partial charge >= 0.3 is 0 Å². The molecule has 0 spiro atoms. The average Bonchev–Trinajstić information content (AvgIpc) is 2.35. The Morgan fingerprint density at radius 1 is 1.42 bits per heavy atom. The van der Waals surface area contributed by atoms with Crippen LogP contribution in [0.4, 0.5) is 5.69 Å². The Hall–Kier alpha value is -1.58. The number of carbonyl (C=O) groups excluding carboxylic acids is 1. The third kappa shape index (κ3) is 5.28. The van der Waals surface area contributed by atoms with Gasteiger partial charge in [-0.05, 0) is 38.7 Å². The zero-order valence-corrected chi connectivity index (χ0v) is 12.4. The normalized spacial score (nSPS) is 10.6. The van der Waals surface area contributed by atoms with Crippen LogP contribution in [0.5, 0.6) is 0 Å². The monoisotopic (exact) mass is 263 g/mol. The quantitative estimate of drug-likeness (QED) is 0.744. The van der Waals surface area contributed by atoms with Crippen LogP contribution in [0.3, 0.4) is 0 Å². The highest BCUT2D eigenvalue weighted by Crippen LogP contribution is 2.15. The van der Waals surface area contributed by atoms with Crippen molar-refractivity contribution in [3.63, 3.8) is 0 Å². The van der Waals surface area contributed by atoms with Crippen LogP contribution in [-0.4, -0.2) is 24.0 Å². The molecule has 0 aliphatic carbocycles. The number of amides is 1. The second kappa shape index (κ2) is 7.77. The van der Waals surface area contributed by atoms with Gasteiger partial charge in [0.1, 0.15) is 0 Å². The molecule has 106 valence electrons. The van der Waals surface area contributed by atoms with Crippen molar-refractivity contribution in [2.75, 3.05) is 18.4 Å². The number of nitrogens with one attached hydrogen (secondary N) is 2. The SMILES string of the molecule is CCNc1cc(C)ncc1C(=O)NCCCC(C)C. The topological polar surface area (TPSA) is 54.0 Å². The summed E-state index contributed by atoms with van der Waals surface area (Å²) in [4.78, 5) is 16.3. The molecule has 1 amide bonds. The molecule has 0 aliphatic heterocycles. The summed E-state index contributed by atoms with van der Waals surface area (Å²) in [6.07, 6.45) is 3.79. The summed E-state index contributed by atoms with van der Waals surface area (Å²) in [5.41, 5.74) is 2.39. The second-order valence-corrected chi connectivity index (χ2v) is 5.19. The van der Waals surface area contributed by atoms with Crippen LogP contribution < -0.4 is 10.6 Å². The minimum absolute atomic E-state index is 0.0489. The van der Waals surface area contributed by atoms with E-state index in [4.69, 9.17) is 0 Å². The van der Waals surface area contributed by atoms with Gasteiger partial charge in [-0.2, -0.15) is 0 Å². The van der Waals surface area contributed by atoms with E-state index in [1.165, 1.54) is 0 Å². The van der Waals surface area contributed by atoms with Crippen molar-refractivity contribution in [2.24, 2.45) is 5.92 Å². The van der Waals surface area contributed by atoms with Crippen molar-refractivity contribution in [1.82, 2.24) is 10.3 Å². The third-order valence-corrected chi connectivity index (χ3v) is 2.90. The molecule has 19 heavy (non-hydrogen) atoms. The first-order valence-corrected chi connectivity index (χ1v) is 7.03. The molecule has 0 aliphatic rings. The molecule has 4 heteroatoms. The third-order valence-electron chi connectivity index (χ3n) is 2.90. The highest BCUT2D eigenvalue weighted by Gasteiger charge is 2.11. The fraction of sp³-hybridized carbons (Fsp3) is 0.600. The van der Waals surface area contributed by atoms with Crippen LogP contribution in [0.25, 0.3) is 0 Å². The van der Waals surface area contributed by atoms with Crippen molar-refractivity contribution in [2.45, 2.75) is 40.5 Å². The molecule has 2 N–H and O–H groups in total. The predicted molar refractivity (Wildman–Crippen MR) is 79.5 cm³/mol. The van der Waals surface area contributed by atoms with Crippen LogP contribution in [-0.2, 0) is 0 Å². The molecule has 0 saturated carbocycles. The number of nitrogens with zero attached hydrogens (tertiary/aromatic N) is 1. The van der Waals surface area contributed by atoms with Gasteiger partial charge in [-0.3, -0.25) is 9.78 Å². The molecule has 0 aromatic carbocycles. The maximum Gasteiger partial charge on any atom is 0.254 e. The molecule has 0 unspecified atom stereocenters. The van der Waals surface area contributed by atoms with Gasteiger partial charge in [0.25, 0.3) is 5.91 Å². The smallest absolute Gasteiger partial charge is 0.254 e. The van der Waals surface area contributed by atoms with Crippen LogP contribution in [0, 0.1) is 12.8 Å². The average molecular weight is 263 g/mol. The largest absolute Gasteiger partial charge is 0.385 e. The van der Waals surface area contributed by atoms with Crippen LogP contribution in [0.15, 0.2) is 12.3 Å². The fourth-order valence-corrected chi connectivity index (χ4v) is 1.88. The molecule has 0 fully saturated rings. The number of anilines is 1. The summed E-state index contributed by atoms with van der Waals surface area (Å²) >= 11 is 0. The van der Waals surface area contributed by atoms with E-state index < -0.39 is 0 Å². The van der Waals surface area contributed by atoms with E-state index in [9.17, 15) is 4.79 Å². The summed E-state index contributed by atoms with van der Waals surface area (Å²) in [5, 5.41) is 6.16. The number of carbonyl (C=O) groups is 1. The van der Waals surface area contributed by atoms with Gasteiger partial charge in [0.05, 0.1) is 11.3 Å². The molecular weight excluding hydrogens is 238 g/mol. The van der Waals surface area contributed by atoms with Crippen molar-refractivity contribution in [3.05, 3.63) is 23.5 Å². The molecule has 0 bridgehead atoms. The summed E-state index contributed by atoms with van der Waals surface area (Å²) in [6, 6.07) is 1.91. The van der Waals surface area contributed by atoms with E-state index >= 15 is 0 Å². The van der Waals surface area contributed by atoms with Crippen molar-refractivity contribution < 1.29 is 4.79 Å². The summed E-state index contributed by atoms with van der Waals surface area (Å²) in [6.45, 7) is 9.82. The first-order chi connectivity index (χ1) is 9.04.